The molecule has 0 aliphatic rings. The van der Waals surface area contributed by atoms with Crippen LogP contribution in [-0.2, 0) is 19.3 Å². The lowest BCUT2D eigenvalue weighted by atomic mass is 10.8. The molecule has 0 aromatic heterocycles. The quantitative estimate of drug-likeness (QED) is 0.540. The van der Waals surface area contributed by atoms with Crippen LogP contribution < -0.4 is 0 Å². The van der Waals surface area contributed by atoms with Crippen molar-refractivity contribution in [2.24, 2.45) is 0 Å². The summed E-state index contributed by atoms with van der Waals surface area (Å²) in [5.41, 5.74) is 0. The van der Waals surface area contributed by atoms with Crippen molar-refractivity contribution in [3.63, 3.8) is 0 Å². The molecule has 1 N–H and O–H groups in total. The van der Waals surface area contributed by atoms with Gasteiger partial charge in [0.1, 0.15) is 0 Å². The number of nitrogens with zero attached hydrogens (tertiary/aromatic N) is 1. The molecule has 0 aromatic rings. The zero-order valence-electron chi connectivity index (χ0n) is 5.53. The minimum absolute atomic E-state index is 0.301. The van der Waals surface area contributed by atoms with Crippen molar-refractivity contribution in [2.75, 3.05) is 0 Å². The van der Waals surface area contributed by atoms with Crippen LogP contribution in [0.3, 0.4) is 0 Å². The molecular formula is C4H7NO5. The molecule has 0 rings (SSSR count). The van der Waals surface area contributed by atoms with E-state index in [1.54, 1.807) is 0 Å². The average Bonchev–Trinajstić information content (AvgIpc) is 1.58. The molecule has 0 aliphatic heterocycles. The monoisotopic (exact) mass is 149 g/mol. The van der Waals surface area contributed by atoms with Crippen molar-refractivity contribution in [1.82, 2.24) is 5.39 Å². The molecule has 0 aliphatic carbocycles. The van der Waals surface area contributed by atoms with E-state index >= 15 is 0 Å². The van der Waals surface area contributed by atoms with Crippen molar-refractivity contribution >= 4 is 11.9 Å². The van der Waals surface area contributed by atoms with Gasteiger partial charge in [-0.3, -0.25) is 9.59 Å². The van der Waals surface area contributed by atoms with E-state index < -0.39 is 11.9 Å². The zero-order valence-corrected chi connectivity index (χ0v) is 5.53. The molecule has 0 unspecified atom stereocenters. The Balaban J connectivity index is 3.53. The standard InChI is InChI=1S/C4H7NO5/c1-3(6)9-5(8)10-4(2)7/h8H,1-2H3. The first-order valence-electron chi connectivity index (χ1n) is 2.38. The minimum Gasteiger partial charge on any atom is -0.310 e. The highest BCUT2D eigenvalue weighted by Crippen LogP contribution is 1.87. The molecule has 0 aromatic carbocycles. The van der Waals surface area contributed by atoms with E-state index in [9.17, 15) is 9.59 Å². The maximum Gasteiger partial charge on any atom is 0.328 e. The minimum atomic E-state index is -0.788. The normalized spacial score (nSPS) is 9.20. The Kier molecular flexibility index (Phi) is 3.37. The smallest absolute Gasteiger partial charge is 0.310 e. The van der Waals surface area contributed by atoms with Crippen LogP contribution in [0.1, 0.15) is 13.8 Å². The van der Waals surface area contributed by atoms with Crippen LogP contribution in [0.2, 0.25) is 0 Å². The third-order valence-electron chi connectivity index (χ3n) is 0.413. The van der Waals surface area contributed by atoms with Gasteiger partial charge in [0.25, 0.3) is 0 Å². The summed E-state index contributed by atoms with van der Waals surface area (Å²) >= 11 is 0. The molecule has 0 heterocycles. The van der Waals surface area contributed by atoms with Gasteiger partial charge < -0.3 is 9.68 Å². The van der Waals surface area contributed by atoms with Gasteiger partial charge in [-0.25, -0.2) is 5.21 Å². The maximum absolute atomic E-state index is 10.0. The van der Waals surface area contributed by atoms with Gasteiger partial charge in [-0.05, 0) is 0 Å². The number of hydrogen-bond acceptors (Lipinski definition) is 6. The van der Waals surface area contributed by atoms with Crippen LogP contribution in [0, 0.1) is 0 Å². The highest BCUT2D eigenvalue weighted by atomic mass is 17.1. The Bertz CT molecular complexity index is 129. The van der Waals surface area contributed by atoms with Gasteiger partial charge in [0, 0.05) is 13.8 Å². The predicted octanol–water partition coefficient (Wildman–Crippen LogP) is -0.366. The highest BCUT2D eigenvalue weighted by molar-refractivity contribution is 5.66. The topological polar surface area (TPSA) is 76.1 Å². The summed E-state index contributed by atoms with van der Waals surface area (Å²) in [7, 11) is 0. The molecule has 0 radical (unpaired) electrons. The molecule has 10 heavy (non-hydrogen) atoms. The molecule has 0 saturated heterocycles. The molecule has 0 saturated carbocycles. The van der Waals surface area contributed by atoms with Gasteiger partial charge in [-0.1, -0.05) is 0 Å². The fourth-order valence-electron chi connectivity index (χ4n) is 0.239. The summed E-state index contributed by atoms with van der Waals surface area (Å²) in [6.45, 7) is 2.10. The van der Waals surface area contributed by atoms with Crippen molar-refractivity contribution < 1.29 is 24.5 Å². The first-order chi connectivity index (χ1) is 4.52. The lowest BCUT2D eigenvalue weighted by Gasteiger charge is -2.08. The summed E-state index contributed by atoms with van der Waals surface area (Å²) < 4.78 is 0. The zero-order chi connectivity index (χ0) is 8.15. The molecule has 0 bridgehead atoms. The Morgan fingerprint density at radius 3 is 1.70 bits per heavy atom. The van der Waals surface area contributed by atoms with Gasteiger partial charge in [0.15, 0.2) is 5.39 Å². The highest BCUT2D eigenvalue weighted by Gasteiger charge is 2.06. The second-order valence-corrected chi connectivity index (χ2v) is 1.40. The molecule has 0 fully saturated rings. The first kappa shape index (κ1) is 8.86. The van der Waals surface area contributed by atoms with Crippen LogP contribution in [0.5, 0.6) is 0 Å². The summed E-state index contributed by atoms with van der Waals surface area (Å²) in [4.78, 5) is 27.8. The van der Waals surface area contributed by atoms with E-state index in [4.69, 9.17) is 5.21 Å². The molecule has 0 amide bonds. The molecule has 6 nitrogen and oxygen atoms in total. The lowest BCUT2D eigenvalue weighted by Crippen LogP contribution is -2.24. The van der Waals surface area contributed by atoms with Crippen LogP contribution in [0.4, 0.5) is 0 Å². The van der Waals surface area contributed by atoms with E-state index in [1.807, 2.05) is 0 Å². The first-order valence-corrected chi connectivity index (χ1v) is 2.38. The summed E-state index contributed by atoms with van der Waals surface area (Å²) in [6, 6.07) is 0. The van der Waals surface area contributed by atoms with Crippen LogP contribution in [-0.4, -0.2) is 22.5 Å². The third-order valence-corrected chi connectivity index (χ3v) is 0.413. The van der Waals surface area contributed by atoms with E-state index in [0.717, 1.165) is 13.8 Å². The van der Waals surface area contributed by atoms with E-state index in [-0.39, 0.29) is 5.39 Å². The fourth-order valence-corrected chi connectivity index (χ4v) is 0.239. The van der Waals surface area contributed by atoms with E-state index in [1.165, 1.54) is 0 Å². The number of rotatable bonds is 2. The molecule has 0 spiro atoms. The van der Waals surface area contributed by atoms with Gasteiger partial charge in [-0.15, -0.1) is 0 Å². The van der Waals surface area contributed by atoms with Gasteiger partial charge >= 0.3 is 11.9 Å². The van der Waals surface area contributed by atoms with Gasteiger partial charge in [0.2, 0.25) is 0 Å². The summed E-state index contributed by atoms with van der Waals surface area (Å²) in [5.74, 6) is -1.58. The average molecular weight is 149 g/mol. The second-order valence-electron chi connectivity index (χ2n) is 1.40. The molecular weight excluding hydrogens is 142 g/mol. The Morgan fingerprint density at radius 2 is 1.50 bits per heavy atom. The van der Waals surface area contributed by atoms with Crippen LogP contribution in [0.25, 0.3) is 0 Å². The van der Waals surface area contributed by atoms with Crippen molar-refractivity contribution in [2.45, 2.75) is 13.8 Å². The Morgan fingerprint density at radius 1 is 1.20 bits per heavy atom. The Labute approximate surface area is 56.8 Å². The number of carbonyl (C=O) groups excluding carboxylic acids is 2. The summed E-state index contributed by atoms with van der Waals surface area (Å²) in [5, 5.41) is 8.04. The largest absolute Gasteiger partial charge is 0.328 e. The number of hydrogen-bond donors (Lipinski definition) is 1. The van der Waals surface area contributed by atoms with E-state index in [2.05, 4.69) is 9.68 Å². The maximum atomic E-state index is 10.0. The SMILES string of the molecule is CC(=O)ON(O)OC(C)=O. The Hall–Kier alpha value is -1.14. The van der Waals surface area contributed by atoms with Gasteiger partial charge in [-0.2, -0.15) is 0 Å². The van der Waals surface area contributed by atoms with Crippen LogP contribution in [0.15, 0.2) is 0 Å². The van der Waals surface area contributed by atoms with Crippen molar-refractivity contribution in [3.05, 3.63) is 0 Å². The van der Waals surface area contributed by atoms with Crippen LogP contribution >= 0.6 is 0 Å². The fraction of sp³-hybridized carbons (Fsp3) is 0.500. The molecule has 6 heteroatoms. The van der Waals surface area contributed by atoms with Gasteiger partial charge in [0.05, 0.1) is 0 Å². The summed E-state index contributed by atoms with van der Waals surface area (Å²) in [6.07, 6.45) is 0. The molecule has 58 valence electrons. The van der Waals surface area contributed by atoms with Crippen molar-refractivity contribution in [3.8, 4) is 0 Å². The van der Waals surface area contributed by atoms with Crippen molar-refractivity contribution in [1.29, 1.82) is 0 Å². The third kappa shape index (κ3) is 5.01. The number of carbonyl (C=O) groups is 2. The molecule has 0 atom stereocenters. The lowest BCUT2D eigenvalue weighted by molar-refractivity contribution is -0.465. The predicted molar refractivity (Wildman–Crippen MR) is 27.2 cm³/mol. The second kappa shape index (κ2) is 3.80. The van der Waals surface area contributed by atoms with E-state index in [0.29, 0.717) is 0 Å².